The molecule has 0 aromatic carbocycles. The number of aliphatic hydroxyl groups excluding tert-OH is 1. The Labute approximate surface area is 124 Å². The maximum Gasteiger partial charge on any atom is 0.264 e. The molecule has 1 aromatic rings. The Bertz CT molecular complexity index is 555. The minimum Gasteiger partial charge on any atom is -0.469 e. The smallest absolute Gasteiger partial charge is 0.264 e. The molecule has 0 saturated carbocycles. The molecule has 0 radical (unpaired) electrons. The van der Waals surface area contributed by atoms with Crippen LogP contribution in [-0.2, 0) is 19.0 Å². The fourth-order valence-corrected chi connectivity index (χ4v) is 2.20. The molecular formula is C13H19NO6S. The van der Waals surface area contributed by atoms with Crippen LogP contribution in [0.4, 0.5) is 0 Å². The first kappa shape index (κ1) is 16.2. The Morgan fingerprint density at radius 1 is 1.48 bits per heavy atom. The molecule has 1 N–H and O–H groups in total. The summed E-state index contributed by atoms with van der Waals surface area (Å²) in [6.45, 7) is 2.74. The number of nitrogens with zero attached hydrogens (tertiary/aromatic N) is 1. The standard InChI is InChI=1S/C13H19NO6S/c1-9(6-19-21(2,16)17)13(15)10-3-4-12(14-5-10)20-11-7-18-8-11/h3-5,9,11,13,15H,6-8H2,1-2H3/t9-,13?/m1/s1. The van der Waals surface area contributed by atoms with Crippen LogP contribution in [0.5, 0.6) is 5.88 Å². The lowest BCUT2D eigenvalue weighted by Crippen LogP contribution is -2.38. The van der Waals surface area contributed by atoms with Gasteiger partial charge in [0, 0.05) is 18.2 Å². The molecule has 0 amide bonds. The van der Waals surface area contributed by atoms with E-state index in [2.05, 4.69) is 9.17 Å². The molecule has 1 aliphatic rings. The van der Waals surface area contributed by atoms with Crippen molar-refractivity contribution in [2.45, 2.75) is 19.1 Å². The second-order valence-electron chi connectivity index (χ2n) is 5.12. The molecule has 0 aliphatic carbocycles. The lowest BCUT2D eigenvalue weighted by atomic mass is 10.00. The van der Waals surface area contributed by atoms with Gasteiger partial charge in [0.2, 0.25) is 5.88 Å². The summed E-state index contributed by atoms with van der Waals surface area (Å²) in [6, 6.07) is 3.37. The predicted octanol–water partition coefficient (Wildman–Crippen LogP) is 0.505. The molecule has 1 aromatic heterocycles. The van der Waals surface area contributed by atoms with Crippen molar-refractivity contribution >= 4 is 10.1 Å². The van der Waals surface area contributed by atoms with Gasteiger partial charge >= 0.3 is 0 Å². The normalized spacial score (nSPS) is 18.8. The number of aromatic nitrogens is 1. The SMILES string of the molecule is C[C@H](COS(C)(=O)=O)C(O)c1ccc(OC2COC2)nc1. The second-order valence-corrected chi connectivity index (χ2v) is 6.76. The molecule has 0 spiro atoms. The van der Waals surface area contributed by atoms with Crippen LogP contribution in [0.25, 0.3) is 0 Å². The van der Waals surface area contributed by atoms with Gasteiger partial charge in [0.1, 0.15) is 6.10 Å². The predicted molar refractivity (Wildman–Crippen MR) is 74.4 cm³/mol. The molecule has 8 heteroatoms. The summed E-state index contributed by atoms with van der Waals surface area (Å²) in [7, 11) is -3.51. The minimum atomic E-state index is -3.51. The van der Waals surface area contributed by atoms with E-state index in [1.165, 1.54) is 6.20 Å². The highest BCUT2D eigenvalue weighted by molar-refractivity contribution is 7.85. The molecule has 1 fully saturated rings. The van der Waals surface area contributed by atoms with Gasteiger partial charge in [0.15, 0.2) is 0 Å². The van der Waals surface area contributed by atoms with E-state index in [-0.39, 0.29) is 18.6 Å². The molecule has 2 atom stereocenters. The Morgan fingerprint density at radius 2 is 2.19 bits per heavy atom. The van der Waals surface area contributed by atoms with E-state index in [1.807, 2.05) is 0 Å². The third-order valence-corrected chi connectivity index (χ3v) is 3.64. The zero-order valence-corrected chi connectivity index (χ0v) is 12.7. The minimum absolute atomic E-state index is 0.0374. The van der Waals surface area contributed by atoms with Crippen molar-refractivity contribution in [3.63, 3.8) is 0 Å². The molecule has 21 heavy (non-hydrogen) atoms. The van der Waals surface area contributed by atoms with E-state index < -0.39 is 16.2 Å². The molecule has 1 aliphatic heterocycles. The first-order chi connectivity index (χ1) is 9.85. The Hall–Kier alpha value is -1.22. The van der Waals surface area contributed by atoms with E-state index >= 15 is 0 Å². The first-order valence-electron chi connectivity index (χ1n) is 6.58. The van der Waals surface area contributed by atoms with Crippen LogP contribution in [0.15, 0.2) is 18.3 Å². The van der Waals surface area contributed by atoms with Gasteiger partial charge in [-0.3, -0.25) is 4.18 Å². The first-order valence-corrected chi connectivity index (χ1v) is 8.39. The molecule has 2 rings (SSSR count). The summed E-state index contributed by atoms with van der Waals surface area (Å²) in [5.74, 6) is 0.0904. The molecule has 0 bridgehead atoms. The number of aliphatic hydroxyl groups is 1. The third-order valence-electron chi connectivity index (χ3n) is 3.08. The maximum atomic E-state index is 10.9. The van der Waals surface area contributed by atoms with Crippen molar-refractivity contribution < 1.29 is 27.2 Å². The topological polar surface area (TPSA) is 95.0 Å². The summed E-state index contributed by atoms with van der Waals surface area (Å²) in [5, 5.41) is 10.1. The van der Waals surface area contributed by atoms with Gasteiger partial charge < -0.3 is 14.6 Å². The van der Waals surface area contributed by atoms with Crippen molar-refractivity contribution in [1.29, 1.82) is 0 Å². The number of hydrogen-bond acceptors (Lipinski definition) is 7. The summed E-state index contributed by atoms with van der Waals surface area (Å²) >= 11 is 0. The fraction of sp³-hybridized carbons (Fsp3) is 0.615. The second kappa shape index (κ2) is 6.69. The van der Waals surface area contributed by atoms with Gasteiger partial charge in [-0.25, -0.2) is 4.98 Å². The highest BCUT2D eigenvalue weighted by Crippen LogP contribution is 2.23. The molecule has 2 heterocycles. The average molecular weight is 317 g/mol. The van der Waals surface area contributed by atoms with Gasteiger partial charge in [-0.1, -0.05) is 6.92 Å². The van der Waals surface area contributed by atoms with Crippen molar-refractivity contribution in [3.8, 4) is 5.88 Å². The van der Waals surface area contributed by atoms with Crippen LogP contribution in [0.3, 0.4) is 0 Å². The Kier molecular flexibility index (Phi) is 5.15. The quantitative estimate of drug-likeness (QED) is 0.732. The fourth-order valence-electron chi connectivity index (χ4n) is 1.74. The van der Waals surface area contributed by atoms with E-state index in [1.54, 1.807) is 19.1 Å². The van der Waals surface area contributed by atoms with Crippen LogP contribution in [0.2, 0.25) is 0 Å². The molecule has 7 nitrogen and oxygen atoms in total. The molecule has 118 valence electrons. The molecule has 1 saturated heterocycles. The van der Waals surface area contributed by atoms with Crippen molar-refractivity contribution in [2.75, 3.05) is 26.1 Å². The Morgan fingerprint density at radius 3 is 2.67 bits per heavy atom. The lowest BCUT2D eigenvalue weighted by molar-refractivity contribution is -0.0813. The van der Waals surface area contributed by atoms with Crippen LogP contribution in [0, 0.1) is 5.92 Å². The van der Waals surface area contributed by atoms with E-state index in [9.17, 15) is 13.5 Å². The summed E-state index contributed by atoms with van der Waals surface area (Å²) in [4.78, 5) is 4.12. The number of rotatable bonds is 7. The number of pyridine rings is 1. The van der Waals surface area contributed by atoms with E-state index in [4.69, 9.17) is 9.47 Å². The molecular weight excluding hydrogens is 298 g/mol. The van der Waals surface area contributed by atoms with E-state index in [0.29, 0.717) is 24.7 Å². The largest absolute Gasteiger partial charge is 0.469 e. The zero-order valence-electron chi connectivity index (χ0n) is 11.9. The third kappa shape index (κ3) is 4.92. The van der Waals surface area contributed by atoms with Gasteiger partial charge in [-0.15, -0.1) is 0 Å². The number of ether oxygens (including phenoxy) is 2. The van der Waals surface area contributed by atoms with Crippen LogP contribution in [0.1, 0.15) is 18.6 Å². The van der Waals surface area contributed by atoms with Crippen molar-refractivity contribution in [1.82, 2.24) is 4.98 Å². The van der Waals surface area contributed by atoms with Gasteiger partial charge in [-0.2, -0.15) is 8.42 Å². The summed E-state index contributed by atoms with van der Waals surface area (Å²) < 4.78 is 37.1. The maximum absolute atomic E-state index is 10.9. The summed E-state index contributed by atoms with van der Waals surface area (Å²) in [6.07, 6.45) is 1.66. The van der Waals surface area contributed by atoms with Crippen LogP contribution in [-0.4, -0.2) is 50.7 Å². The Balaban J connectivity index is 1.90. The van der Waals surface area contributed by atoms with Gasteiger partial charge in [0.25, 0.3) is 10.1 Å². The summed E-state index contributed by atoms with van der Waals surface area (Å²) in [5.41, 5.74) is 0.580. The van der Waals surface area contributed by atoms with Crippen LogP contribution < -0.4 is 4.74 Å². The highest BCUT2D eigenvalue weighted by atomic mass is 32.2. The average Bonchev–Trinajstić information content (AvgIpc) is 2.39. The van der Waals surface area contributed by atoms with Crippen molar-refractivity contribution in [3.05, 3.63) is 23.9 Å². The highest BCUT2D eigenvalue weighted by Gasteiger charge is 2.22. The zero-order chi connectivity index (χ0) is 15.5. The van der Waals surface area contributed by atoms with Crippen LogP contribution >= 0.6 is 0 Å². The van der Waals surface area contributed by atoms with Gasteiger partial charge in [-0.05, 0) is 11.6 Å². The molecule has 1 unspecified atom stereocenters. The van der Waals surface area contributed by atoms with Crippen molar-refractivity contribution in [2.24, 2.45) is 5.92 Å². The van der Waals surface area contributed by atoms with E-state index in [0.717, 1.165) is 6.26 Å². The number of hydrogen-bond donors (Lipinski definition) is 1. The van der Waals surface area contributed by atoms with Gasteiger partial charge in [0.05, 0.1) is 32.2 Å². The monoisotopic (exact) mass is 317 g/mol. The lowest BCUT2D eigenvalue weighted by Gasteiger charge is -2.26.